The number of nitrogens with zero attached hydrogens (tertiary/aromatic N) is 4. The van der Waals surface area contributed by atoms with Crippen molar-refractivity contribution in [1.82, 2.24) is 14.5 Å². The Bertz CT molecular complexity index is 1030. The van der Waals surface area contributed by atoms with Crippen molar-refractivity contribution in [3.63, 3.8) is 0 Å². The fourth-order valence-electron chi connectivity index (χ4n) is 4.72. The molecule has 1 aliphatic carbocycles. The molecular formula is C24H32N4S. The van der Waals surface area contributed by atoms with Crippen LogP contribution in [0.5, 0.6) is 0 Å². The summed E-state index contributed by atoms with van der Waals surface area (Å²) in [6.07, 6.45) is 5.55. The van der Waals surface area contributed by atoms with Crippen LogP contribution in [0.2, 0.25) is 0 Å². The van der Waals surface area contributed by atoms with Crippen LogP contribution >= 0.6 is 12.6 Å². The van der Waals surface area contributed by atoms with Crippen molar-refractivity contribution in [3.05, 3.63) is 40.8 Å². The minimum atomic E-state index is 0.671. The fourth-order valence-corrected chi connectivity index (χ4v) is 5.09. The maximum Gasteiger partial charge on any atom is 0.156 e. The summed E-state index contributed by atoms with van der Waals surface area (Å²) in [5.74, 6) is 2.56. The van der Waals surface area contributed by atoms with Gasteiger partial charge in [0.1, 0.15) is 17.4 Å². The van der Waals surface area contributed by atoms with Crippen LogP contribution in [0.3, 0.4) is 0 Å². The van der Waals surface area contributed by atoms with Gasteiger partial charge >= 0.3 is 0 Å². The zero-order chi connectivity index (χ0) is 20.7. The van der Waals surface area contributed by atoms with Crippen molar-refractivity contribution < 1.29 is 0 Å². The quantitative estimate of drug-likeness (QED) is 0.515. The first-order chi connectivity index (χ1) is 14.0. The largest absolute Gasteiger partial charge is 0.355 e. The van der Waals surface area contributed by atoms with Gasteiger partial charge in [-0.15, -0.1) is 0 Å². The third-order valence-electron chi connectivity index (χ3n) is 6.11. The highest BCUT2D eigenvalue weighted by atomic mass is 32.1. The number of fused-ring (bicyclic) bond motifs is 1. The second kappa shape index (κ2) is 8.02. The Kier molecular flexibility index (Phi) is 5.60. The molecule has 1 aromatic carbocycles. The Balaban J connectivity index is 1.98. The monoisotopic (exact) mass is 408 g/mol. The average molecular weight is 409 g/mol. The topological polar surface area (TPSA) is 34.0 Å². The van der Waals surface area contributed by atoms with E-state index in [2.05, 4.69) is 56.3 Å². The SMILES string of the molecule is CCCN(CC1CC1)c1ncnc2c(-c3c(C)cc(C)cc3C)c(CS)n(C)c12. The van der Waals surface area contributed by atoms with Crippen LogP contribution in [0.15, 0.2) is 18.5 Å². The number of thiol groups is 1. The molecule has 0 radical (unpaired) electrons. The van der Waals surface area contributed by atoms with Crippen molar-refractivity contribution in [2.45, 2.75) is 52.7 Å². The molecule has 0 atom stereocenters. The van der Waals surface area contributed by atoms with Gasteiger partial charge in [-0.3, -0.25) is 0 Å². The number of anilines is 1. The molecule has 4 nitrogen and oxygen atoms in total. The van der Waals surface area contributed by atoms with Crippen LogP contribution in [-0.2, 0) is 12.8 Å². The molecule has 0 unspecified atom stereocenters. The van der Waals surface area contributed by atoms with Gasteiger partial charge in [-0.1, -0.05) is 24.6 Å². The first-order valence-corrected chi connectivity index (χ1v) is 11.4. The molecule has 3 aromatic rings. The standard InChI is InChI=1S/C24H32N4S/c1-6-9-28(12-18-7-8-18)24-23-22(25-14-26-24)21(19(13-29)27(23)5)20-16(3)10-15(2)11-17(20)4/h10-11,14,18,29H,6-9,12-13H2,1-5H3. The van der Waals surface area contributed by atoms with E-state index in [1.165, 1.54) is 46.4 Å². The number of aromatic nitrogens is 3. The highest BCUT2D eigenvalue weighted by molar-refractivity contribution is 7.79. The molecule has 1 fully saturated rings. The van der Waals surface area contributed by atoms with Gasteiger partial charge in [0.25, 0.3) is 0 Å². The first-order valence-electron chi connectivity index (χ1n) is 10.7. The van der Waals surface area contributed by atoms with Crippen molar-refractivity contribution >= 4 is 29.5 Å². The highest BCUT2D eigenvalue weighted by Gasteiger charge is 2.28. The summed E-state index contributed by atoms with van der Waals surface area (Å²) in [6.45, 7) is 10.9. The number of hydrogen-bond acceptors (Lipinski definition) is 4. The molecule has 5 heteroatoms. The van der Waals surface area contributed by atoms with Gasteiger partial charge < -0.3 is 9.47 Å². The Labute approximate surface area is 179 Å². The van der Waals surface area contributed by atoms with Gasteiger partial charge in [-0.25, -0.2) is 9.97 Å². The lowest BCUT2D eigenvalue weighted by atomic mass is 9.93. The zero-order valence-corrected chi connectivity index (χ0v) is 19.2. The minimum Gasteiger partial charge on any atom is -0.355 e. The van der Waals surface area contributed by atoms with E-state index < -0.39 is 0 Å². The molecule has 0 spiro atoms. The van der Waals surface area contributed by atoms with Crippen molar-refractivity contribution in [2.24, 2.45) is 13.0 Å². The third-order valence-corrected chi connectivity index (χ3v) is 6.41. The van der Waals surface area contributed by atoms with Gasteiger partial charge in [0.15, 0.2) is 5.82 Å². The Morgan fingerprint density at radius 3 is 2.38 bits per heavy atom. The van der Waals surface area contributed by atoms with Crippen LogP contribution in [0.25, 0.3) is 22.2 Å². The van der Waals surface area contributed by atoms with E-state index in [1.54, 1.807) is 6.33 Å². The predicted molar refractivity (Wildman–Crippen MR) is 126 cm³/mol. The summed E-state index contributed by atoms with van der Waals surface area (Å²) in [7, 11) is 2.14. The van der Waals surface area contributed by atoms with E-state index in [0.29, 0.717) is 5.75 Å². The predicted octanol–water partition coefficient (Wildman–Crippen LogP) is 5.62. The van der Waals surface area contributed by atoms with E-state index in [-0.39, 0.29) is 0 Å². The second-order valence-corrected chi connectivity index (χ2v) is 8.91. The van der Waals surface area contributed by atoms with Gasteiger partial charge in [-0.2, -0.15) is 12.6 Å². The molecule has 0 amide bonds. The lowest BCUT2D eigenvalue weighted by Crippen LogP contribution is -2.28. The Morgan fingerprint density at radius 1 is 1.10 bits per heavy atom. The molecule has 154 valence electrons. The van der Waals surface area contributed by atoms with Crippen molar-refractivity contribution in [3.8, 4) is 11.1 Å². The Hall–Kier alpha value is -2.01. The maximum atomic E-state index is 4.80. The van der Waals surface area contributed by atoms with E-state index in [9.17, 15) is 0 Å². The minimum absolute atomic E-state index is 0.671. The normalized spacial score (nSPS) is 14.0. The molecule has 1 saturated carbocycles. The van der Waals surface area contributed by atoms with E-state index in [4.69, 9.17) is 22.6 Å². The fraction of sp³-hybridized carbons (Fsp3) is 0.500. The lowest BCUT2D eigenvalue weighted by molar-refractivity contribution is 0.698. The lowest BCUT2D eigenvalue weighted by Gasteiger charge is -2.24. The van der Waals surface area contributed by atoms with Gasteiger partial charge in [0.05, 0.1) is 0 Å². The summed E-state index contributed by atoms with van der Waals surface area (Å²) >= 11 is 4.71. The van der Waals surface area contributed by atoms with E-state index in [0.717, 1.165) is 42.3 Å². The molecule has 29 heavy (non-hydrogen) atoms. The van der Waals surface area contributed by atoms with Crippen LogP contribution in [0, 0.1) is 26.7 Å². The molecule has 0 N–H and O–H groups in total. The third kappa shape index (κ3) is 3.65. The summed E-state index contributed by atoms with van der Waals surface area (Å²) < 4.78 is 2.28. The summed E-state index contributed by atoms with van der Waals surface area (Å²) in [6, 6.07) is 4.53. The van der Waals surface area contributed by atoms with Gasteiger partial charge in [0.2, 0.25) is 0 Å². The van der Waals surface area contributed by atoms with E-state index in [1.807, 2.05) is 0 Å². The first kappa shape index (κ1) is 20.3. The average Bonchev–Trinajstić information content (AvgIpc) is 3.45. The highest BCUT2D eigenvalue weighted by Crippen LogP contribution is 2.41. The molecule has 4 rings (SSSR count). The molecule has 0 aliphatic heterocycles. The van der Waals surface area contributed by atoms with Crippen LogP contribution < -0.4 is 4.90 Å². The maximum absolute atomic E-state index is 4.80. The van der Waals surface area contributed by atoms with Crippen molar-refractivity contribution in [1.29, 1.82) is 0 Å². The summed E-state index contributed by atoms with van der Waals surface area (Å²) in [5.41, 5.74) is 9.79. The van der Waals surface area contributed by atoms with Gasteiger partial charge in [-0.05, 0) is 62.6 Å². The number of hydrogen-bond donors (Lipinski definition) is 1. The Morgan fingerprint density at radius 2 is 1.79 bits per heavy atom. The molecule has 0 bridgehead atoms. The van der Waals surface area contributed by atoms with E-state index >= 15 is 0 Å². The summed E-state index contributed by atoms with van der Waals surface area (Å²) in [5, 5.41) is 0. The molecule has 0 saturated heterocycles. The van der Waals surface area contributed by atoms with Crippen molar-refractivity contribution in [2.75, 3.05) is 18.0 Å². The second-order valence-electron chi connectivity index (χ2n) is 8.60. The molecular weight excluding hydrogens is 376 g/mol. The van der Waals surface area contributed by atoms with Crippen LogP contribution in [0.1, 0.15) is 48.6 Å². The van der Waals surface area contributed by atoms with Gasteiger partial charge in [0, 0.05) is 37.1 Å². The van der Waals surface area contributed by atoms with Crippen LogP contribution in [-0.4, -0.2) is 27.6 Å². The number of rotatable bonds is 7. The smallest absolute Gasteiger partial charge is 0.156 e. The molecule has 2 aromatic heterocycles. The summed E-state index contributed by atoms with van der Waals surface area (Å²) in [4.78, 5) is 12.0. The number of benzene rings is 1. The van der Waals surface area contributed by atoms with Crippen LogP contribution in [0.4, 0.5) is 5.82 Å². The molecule has 2 heterocycles. The molecule has 1 aliphatic rings. The number of aryl methyl sites for hydroxylation is 4. The zero-order valence-electron chi connectivity index (χ0n) is 18.3.